The van der Waals surface area contributed by atoms with Crippen molar-refractivity contribution in [3.63, 3.8) is 0 Å². The van der Waals surface area contributed by atoms with Crippen molar-refractivity contribution in [3.8, 4) is 5.75 Å². The van der Waals surface area contributed by atoms with E-state index in [1.807, 2.05) is 11.9 Å². The second-order valence-corrected chi connectivity index (χ2v) is 12.4. The van der Waals surface area contributed by atoms with Gasteiger partial charge < -0.3 is 34.6 Å². The van der Waals surface area contributed by atoms with E-state index >= 15 is 4.39 Å². The van der Waals surface area contributed by atoms with Crippen molar-refractivity contribution < 1.29 is 37.7 Å². The van der Waals surface area contributed by atoms with Gasteiger partial charge in [0.25, 0.3) is 8.18 Å². The van der Waals surface area contributed by atoms with Gasteiger partial charge in [-0.2, -0.15) is 9.97 Å². The highest BCUT2D eigenvalue weighted by Gasteiger charge is 2.55. The first-order valence-corrected chi connectivity index (χ1v) is 15.3. The number of aromatic nitrogens is 4. The number of halogens is 1. The monoisotopic (exact) mass is 621 g/mol. The maximum atomic E-state index is 16.1. The number of hydroxylamine groups is 1. The molecule has 3 N–H and O–H groups in total. The standard InChI is InChI=1S/C27H37FN7O7P/c1-15(2)40-24(37)16(3)35(42-18-9-7-6-8-10-18)43(38)39-13-19-21(36)27(4,28)25(41-19)34-14-30-20-22(33(5)17-11-12-17)31-26(29)32-23(20)34/h6-10,14-17,19,21,25,36,43H,11-13H2,1-5H3,(H2,29,31,32)/t16-,19?,21+,25+,27+/m0/s1. The number of esters is 1. The molecular formula is C27H37FN7O7P. The van der Waals surface area contributed by atoms with E-state index in [0.717, 1.165) is 17.7 Å². The first-order chi connectivity index (χ1) is 20.4. The number of anilines is 2. The summed E-state index contributed by atoms with van der Waals surface area (Å²) >= 11 is 0. The summed E-state index contributed by atoms with van der Waals surface area (Å²) in [5, 5.41) is 10.9. The molecule has 0 amide bonds. The van der Waals surface area contributed by atoms with Gasteiger partial charge in [0, 0.05) is 13.1 Å². The van der Waals surface area contributed by atoms with Crippen LogP contribution in [0.15, 0.2) is 36.7 Å². The summed E-state index contributed by atoms with van der Waals surface area (Å²) < 4.78 is 47.6. The Morgan fingerprint density at radius 3 is 2.63 bits per heavy atom. The van der Waals surface area contributed by atoms with Gasteiger partial charge >= 0.3 is 5.97 Å². The van der Waals surface area contributed by atoms with Crippen molar-refractivity contribution in [2.75, 3.05) is 24.3 Å². The largest absolute Gasteiger partial charge is 0.462 e. The molecule has 1 saturated heterocycles. The molecule has 6 atom stereocenters. The Hall–Kier alpha value is -3.36. The number of benzene rings is 1. The maximum Gasteiger partial charge on any atom is 0.327 e. The molecule has 1 aliphatic carbocycles. The van der Waals surface area contributed by atoms with Crippen LogP contribution in [-0.4, -0.2) is 85.1 Å². The van der Waals surface area contributed by atoms with Gasteiger partial charge in [-0.05, 0) is 52.7 Å². The molecule has 2 fully saturated rings. The van der Waals surface area contributed by atoms with E-state index in [2.05, 4.69) is 15.0 Å². The number of aliphatic hydroxyl groups is 1. The van der Waals surface area contributed by atoms with Crippen molar-refractivity contribution in [3.05, 3.63) is 36.7 Å². The molecule has 1 aliphatic heterocycles. The highest BCUT2D eigenvalue weighted by atomic mass is 31.1. The molecule has 5 rings (SSSR count). The number of hydrogen-bond donors (Lipinski definition) is 2. The number of nitrogens with zero attached hydrogens (tertiary/aromatic N) is 6. The Morgan fingerprint density at radius 2 is 1.98 bits per heavy atom. The van der Waals surface area contributed by atoms with E-state index in [1.54, 1.807) is 44.2 Å². The first kappa shape index (κ1) is 31.1. The molecule has 2 unspecified atom stereocenters. The highest BCUT2D eigenvalue weighted by molar-refractivity contribution is 7.36. The number of ether oxygens (including phenoxy) is 2. The van der Waals surface area contributed by atoms with Crippen LogP contribution in [0.2, 0.25) is 0 Å². The van der Waals surface area contributed by atoms with Gasteiger partial charge in [0.1, 0.15) is 24.0 Å². The lowest BCUT2D eigenvalue weighted by Gasteiger charge is -2.27. The zero-order valence-corrected chi connectivity index (χ0v) is 25.6. The van der Waals surface area contributed by atoms with Gasteiger partial charge in [0.2, 0.25) is 5.95 Å². The third-order valence-corrected chi connectivity index (χ3v) is 8.61. The number of hydrogen-bond acceptors (Lipinski definition) is 12. The number of rotatable bonds is 12. The number of aliphatic hydroxyl groups excluding tert-OH is 1. The lowest BCUT2D eigenvalue weighted by molar-refractivity contribution is -0.159. The third kappa shape index (κ3) is 6.46. The number of imidazole rings is 1. The van der Waals surface area contributed by atoms with E-state index in [9.17, 15) is 14.5 Å². The molecule has 0 radical (unpaired) electrons. The molecule has 0 bridgehead atoms. The quantitative estimate of drug-likeness (QED) is 0.172. The number of alkyl halides is 1. The molecule has 3 aromatic rings. The van der Waals surface area contributed by atoms with Gasteiger partial charge in [-0.1, -0.05) is 23.0 Å². The number of carbonyl (C=O) groups excluding carboxylic acids is 1. The predicted octanol–water partition coefficient (Wildman–Crippen LogP) is 3.04. The smallest absolute Gasteiger partial charge is 0.327 e. The van der Waals surface area contributed by atoms with Crippen LogP contribution in [0.3, 0.4) is 0 Å². The summed E-state index contributed by atoms with van der Waals surface area (Å²) in [7, 11) is -1.41. The molecule has 0 spiro atoms. The average Bonchev–Trinajstić information content (AvgIpc) is 3.70. The van der Waals surface area contributed by atoms with Crippen molar-refractivity contribution in [1.29, 1.82) is 0 Å². The highest BCUT2D eigenvalue weighted by Crippen LogP contribution is 2.44. The van der Waals surface area contributed by atoms with Crippen LogP contribution >= 0.6 is 8.18 Å². The van der Waals surface area contributed by atoms with E-state index < -0.39 is 57.0 Å². The van der Waals surface area contributed by atoms with Crippen LogP contribution in [0.5, 0.6) is 5.75 Å². The molecule has 14 nitrogen and oxygen atoms in total. The van der Waals surface area contributed by atoms with Gasteiger partial charge in [-0.15, -0.1) is 0 Å². The third-order valence-electron chi connectivity index (χ3n) is 7.36. The lowest BCUT2D eigenvalue weighted by Crippen LogP contribution is -2.41. The molecule has 3 heterocycles. The summed E-state index contributed by atoms with van der Waals surface area (Å²) in [5.74, 6) is 0.131. The SMILES string of the molecule is CC(C)OC(=O)[C@H](C)N(Oc1ccccc1)[PH](=O)OCC1O[C@@H](n2cnc3c(N(C)C4CC4)nc(N)nc32)[C@](C)(F)[C@@H]1O. The van der Waals surface area contributed by atoms with Crippen LogP contribution in [-0.2, 0) is 23.4 Å². The van der Waals surface area contributed by atoms with Crippen molar-refractivity contribution in [1.82, 2.24) is 24.4 Å². The molecule has 234 valence electrons. The Labute approximate surface area is 248 Å². The van der Waals surface area contributed by atoms with Crippen LogP contribution in [0.4, 0.5) is 16.2 Å². The Kier molecular flexibility index (Phi) is 8.91. The molecule has 1 saturated carbocycles. The second-order valence-electron chi connectivity index (χ2n) is 11.2. The number of carbonyl (C=O) groups is 1. The number of fused-ring (bicyclic) bond motifs is 1. The minimum absolute atomic E-state index is 0.0158. The van der Waals surface area contributed by atoms with E-state index in [-0.39, 0.29) is 11.6 Å². The van der Waals surface area contributed by atoms with Gasteiger partial charge in [0.05, 0.1) is 19.0 Å². The minimum Gasteiger partial charge on any atom is -0.462 e. The van der Waals surface area contributed by atoms with Gasteiger partial charge in [-0.3, -0.25) is 13.9 Å². The van der Waals surface area contributed by atoms with E-state index in [4.69, 9.17) is 24.6 Å². The first-order valence-electron chi connectivity index (χ1n) is 14.0. The summed E-state index contributed by atoms with van der Waals surface area (Å²) in [6.07, 6.45) is -1.31. The van der Waals surface area contributed by atoms with Gasteiger partial charge in [0.15, 0.2) is 28.9 Å². The Morgan fingerprint density at radius 1 is 1.28 bits per heavy atom. The predicted molar refractivity (Wildman–Crippen MR) is 155 cm³/mol. The van der Waals surface area contributed by atoms with Crippen molar-refractivity contribution in [2.24, 2.45) is 0 Å². The summed E-state index contributed by atoms with van der Waals surface area (Å²) in [4.78, 5) is 34.3. The maximum absolute atomic E-state index is 16.1. The van der Waals surface area contributed by atoms with Crippen molar-refractivity contribution >= 4 is 37.1 Å². The van der Waals surface area contributed by atoms with Crippen LogP contribution < -0.4 is 15.5 Å². The van der Waals surface area contributed by atoms with Crippen LogP contribution in [0, 0.1) is 0 Å². The number of nitrogens with two attached hydrogens (primary N) is 1. The zero-order chi connectivity index (χ0) is 31.1. The van der Waals surface area contributed by atoms with Crippen LogP contribution in [0.1, 0.15) is 46.8 Å². The molecular weight excluding hydrogens is 584 g/mol. The van der Waals surface area contributed by atoms with Crippen molar-refractivity contribution in [2.45, 2.75) is 82.8 Å². The summed E-state index contributed by atoms with van der Waals surface area (Å²) in [5.41, 5.74) is 4.33. The summed E-state index contributed by atoms with van der Waals surface area (Å²) in [6.45, 7) is 5.54. The van der Waals surface area contributed by atoms with E-state index in [1.165, 1.54) is 24.7 Å². The van der Waals surface area contributed by atoms with E-state index in [0.29, 0.717) is 23.1 Å². The normalized spacial score (nSPS) is 25.3. The summed E-state index contributed by atoms with van der Waals surface area (Å²) in [6, 6.07) is 7.61. The average molecular weight is 622 g/mol. The Bertz CT molecular complexity index is 1470. The molecule has 1 aromatic carbocycles. The van der Waals surface area contributed by atoms with Gasteiger partial charge in [-0.25, -0.2) is 9.37 Å². The minimum atomic E-state index is -3.29. The Balaban J connectivity index is 1.34. The molecule has 2 aliphatic rings. The topological polar surface area (TPSA) is 167 Å². The fourth-order valence-corrected chi connectivity index (χ4v) is 5.87. The molecule has 2 aromatic heterocycles. The fraction of sp³-hybridized carbons (Fsp3) is 0.556. The number of nitrogen functional groups attached to an aromatic ring is 1. The zero-order valence-electron chi connectivity index (χ0n) is 24.6. The second kappa shape index (κ2) is 12.3. The fourth-order valence-electron chi connectivity index (χ4n) is 4.83. The lowest BCUT2D eigenvalue weighted by atomic mass is 9.98. The molecule has 43 heavy (non-hydrogen) atoms. The molecule has 16 heteroatoms. The van der Waals surface area contributed by atoms with Crippen LogP contribution in [0.25, 0.3) is 11.2 Å². The number of para-hydroxylation sites is 1.